The fourth-order valence-electron chi connectivity index (χ4n) is 4.31. The highest BCUT2D eigenvalue weighted by Crippen LogP contribution is 2.34. The largest absolute Gasteiger partial charge is 0.338 e. The summed E-state index contributed by atoms with van der Waals surface area (Å²) in [4.78, 5) is 34.6. The van der Waals surface area contributed by atoms with E-state index in [2.05, 4.69) is 79.2 Å². The Kier molecular flexibility index (Phi) is 5.76. The third-order valence-electron chi connectivity index (χ3n) is 6.19. The Morgan fingerprint density at radius 1 is 1.06 bits per heavy atom. The van der Waals surface area contributed by atoms with Crippen LogP contribution < -0.4 is 10.2 Å². The van der Waals surface area contributed by atoms with E-state index in [4.69, 9.17) is 9.98 Å². The standard InChI is InChI=1S/C23H30N10/c1-5-18-27-22(30-23(28-18)32-12-10-31(4)11-13-32)29-21-24-8-6-17(26-21)20-16(3)25-19-14-15(2)7-9-33(19)20/h6-9,14,16,20H,5,10-13H2,1-4H3,(H,24,26,27,28,29,30). The molecular weight excluding hydrogens is 416 g/mol. The van der Waals surface area contributed by atoms with Crippen molar-refractivity contribution in [3.8, 4) is 0 Å². The number of rotatable bonds is 5. The monoisotopic (exact) mass is 446 g/mol. The van der Waals surface area contributed by atoms with Gasteiger partial charge in [0.2, 0.25) is 17.8 Å². The van der Waals surface area contributed by atoms with Gasteiger partial charge in [-0.05, 0) is 44.7 Å². The van der Waals surface area contributed by atoms with Crippen LogP contribution in [-0.4, -0.2) is 79.8 Å². The third-order valence-corrected chi connectivity index (χ3v) is 6.19. The Morgan fingerprint density at radius 3 is 2.67 bits per heavy atom. The molecule has 172 valence electrons. The molecule has 2 atom stereocenters. The summed E-state index contributed by atoms with van der Waals surface area (Å²) >= 11 is 0. The van der Waals surface area contributed by atoms with Crippen molar-refractivity contribution in [1.82, 2.24) is 34.7 Å². The summed E-state index contributed by atoms with van der Waals surface area (Å²) in [5, 5.41) is 3.22. The number of nitrogens with one attached hydrogen (secondary N) is 1. The lowest BCUT2D eigenvalue weighted by atomic mass is 10.1. The number of piperazine rings is 1. The van der Waals surface area contributed by atoms with Crippen LogP contribution in [0, 0.1) is 0 Å². The molecule has 10 nitrogen and oxygen atoms in total. The number of aryl methyl sites for hydroxylation is 1. The van der Waals surface area contributed by atoms with Crippen molar-refractivity contribution in [3.63, 3.8) is 0 Å². The van der Waals surface area contributed by atoms with Crippen molar-refractivity contribution in [1.29, 1.82) is 0 Å². The van der Waals surface area contributed by atoms with E-state index < -0.39 is 0 Å². The molecule has 33 heavy (non-hydrogen) atoms. The molecule has 10 heteroatoms. The molecule has 2 aromatic rings. The third kappa shape index (κ3) is 4.43. The minimum atomic E-state index is 0.0228. The van der Waals surface area contributed by atoms with Crippen molar-refractivity contribution in [2.75, 3.05) is 43.4 Å². The Bertz CT molecular complexity index is 1120. The molecule has 0 aromatic carbocycles. The number of hydrogen-bond donors (Lipinski definition) is 1. The Hall–Kier alpha value is -3.40. The molecule has 2 aromatic heterocycles. The number of hydrogen-bond acceptors (Lipinski definition) is 10. The number of allylic oxidation sites excluding steroid dienone is 2. The molecule has 1 fully saturated rings. The Balaban J connectivity index is 1.38. The zero-order valence-electron chi connectivity index (χ0n) is 19.6. The normalized spacial score (nSPS) is 22.8. The predicted octanol–water partition coefficient (Wildman–Crippen LogP) is 2.34. The fraction of sp³-hybridized carbons (Fsp3) is 0.478. The quantitative estimate of drug-likeness (QED) is 0.742. The Morgan fingerprint density at radius 2 is 1.88 bits per heavy atom. The van der Waals surface area contributed by atoms with Crippen LogP contribution in [0.2, 0.25) is 0 Å². The maximum absolute atomic E-state index is 4.82. The van der Waals surface area contributed by atoms with Gasteiger partial charge >= 0.3 is 0 Å². The van der Waals surface area contributed by atoms with E-state index in [1.165, 1.54) is 5.57 Å². The van der Waals surface area contributed by atoms with Crippen molar-refractivity contribution >= 4 is 23.7 Å². The minimum Gasteiger partial charge on any atom is -0.338 e. The fourth-order valence-corrected chi connectivity index (χ4v) is 4.31. The van der Waals surface area contributed by atoms with E-state index in [0.29, 0.717) is 17.8 Å². The van der Waals surface area contributed by atoms with Gasteiger partial charge in [-0.15, -0.1) is 0 Å². The average molecular weight is 447 g/mol. The molecule has 3 aliphatic rings. The number of amidine groups is 1. The van der Waals surface area contributed by atoms with Crippen molar-refractivity contribution < 1.29 is 0 Å². The second kappa shape index (κ2) is 8.86. The molecule has 0 aliphatic carbocycles. The second-order valence-corrected chi connectivity index (χ2v) is 8.73. The van der Waals surface area contributed by atoms with Gasteiger partial charge in [-0.3, -0.25) is 10.3 Å². The summed E-state index contributed by atoms with van der Waals surface area (Å²) in [7, 11) is 2.13. The van der Waals surface area contributed by atoms with Gasteiger partial charge < -0.3 is 14.7 Å². The number of fused-ring (bicyclic) bond motifs is 1. The van der Waals surface area contributed by atoms with Gasteiger partial charge in [-0.25, -0.2) is 9.97 Å². The van der Waals surface area contributed by atoms with Crippen LogP contribution in [0.4, 0.5) is 17.8 Å². The highest BCUT2D eigenvalue weighted by atomic mass is 15.3. The molecule has 0 saturated carbocycles. The van der Waals surface area contributed by atoms with Crippen LogP contribution in [0.5, 0.6) is 0 Å². The summed E-state index contributed by atoms with van der Waals surface area (Å²) in [6.07, 6.45) is 8.79. The lowest BCUT2D eigenvalue weighted by molar-refractivity contribution is 0.311. The van der Waals surface area contributed by atoms with Gasteiger partial charge in [-0.1, -0.05) is 6.92 Å². The van der Waals surface area contributed by atoms with Crippen LogP contribution in [0.25, 0.3) is 0 Å². The molecule has 0 radical (unpaired) electrons. The van der Waals surface area contributed by atoms with E-state index in [-0.39, 0.29) is 12.1 Å². The number of anilines is 3. The van der Waals surface area contributed by atoms with Crippen LogP contribution in [-0.2, 0) is 6.42 Å². The van der Waals surface area contributed by atoms with E-state index in [9.17, 15) is 0 Å². The van der Waals surface area contributed by atoms with Crippen molar-refractivity contribution in [2.24, 2.45) is 4.99 Å². The molecule has 0 amide bonds. The predicted molar refractivity (Wildman–Crippen MR) is 129 cm³/mol. The number of aliphatic imine (C=N–C) groups is 1. The first-order chi connectivity index (χ1) is 16.0. The maximum atomic E-state index is 4.82. The molecule has 1 N–H and O–H groups in total. The van der Waals surface area contributed by atoms with Crippen molar-refractivity contribution in [3.05, 3.63) is 47.7 Å². The molecule has 5 rings (SSSR count). The molecule has 1 saturated heterocycles. The molecule has 0 bridgehead atoms. The van der Waals surface area contributed by atoms with E-state index in [1.807, 2.05) is 13.0 Å². The molecule has 2 unspecified atom stereocenters. The second-order valence-electron chi connectivity index (χ2n) is 8.73. The lowest BCUT2D eigenvalue weighted by Gasteiger charge is -2.32. The van der Waals surface area contributed by atoms with E-state index >= 15 is 0 Å². The maximum Gasteiger partial charge on any atom is 0.234 e. The first-order valence-electron chi connectivity index (χ1n) is 11.5. The summed E-state index contributed by atoms with van der Waals surface area (Å²) in [6, 6.07) is 2.06. The Labute approximate surface area is 194 Å². The van der Waals surface area contributed by atoms with Gasteiger partial charge in [0.15, 0.2) is 0 Å². The van der Waals surface area contributed by atoms with Gasteiger partial charge in [0.1, 0.15) is 11.7 Å². The summed E-state index contributed by atoms with van der Waals surface area (Å²) in [5.41, 5.74) is 2.10. The van der Waals surface area contributed by atoms with Crippen molar-refractivity contribution in [2.45, 2.75) is 39.3 Å². The number of likely N-dealkylation sites (N-methyl/N-ethyl adjacent to an activating group) is 1. The van der Waals surface area contributed by atoms with Crippen LogP contribution >= 0.6 is 0 Å². The smallest absolute Gasteiger partial charge is 0.234 e. The van der Waals surface area contributed by atoms with Crippen LogP contribution in [0.1, 0.15) is 38.3 Å². The SMILES string of the molecule is CCc1nc(Nc2nccc(C3C(C)N=C4C=C(C)C=CN43)n2)nc(N2CCN(C)CC2)n1. The topological polar surface area (TPSA) is 98.6 Å². The van der Waals surface area contributed by atoms with Crippen LogP contribution in [0.3, 0.4) is 0 Å². The van der Waals surface area contributed by atoms with E-state index in [1.54, 1.807) is 6.20 Å². The lowest BCUT2D eigenvalue weighted by Crippen LogP contribution is -2.45. The average Bonchev–Trinajstić information content (AvgIpc) is 3.14. The number of nitrogens with zero attached hydrogens (tertiary/aromatic N) is 9. The summed E-state index contributed by atoms with van der Waals surface area (Å²) in [5.74, 6) is 3.37. The minimum absolute atomic E-state index is 0.0228. The van der Waals surface area contributed by atoms with Gasteiger partial charge in [0.05, 0.1) is 17.8 Å². The first kappa shape index (κ1) is 21.4. The first-order valence-corrected chi connectivity index (χ1v) is 11.5. The zero-order chi connectivity index (χ0) is 22.9. The van der Waals surface area contributed by atoms with E-state index in [0.717, 1.165) is 50.0 Å². The molecule has 3 aliphatic heterocycles. The number of aromatic nitrogens is 5. The van der Waals surface area contributed by atoms with Crippen LogP contribution in [0.15, 0.2) is 41.2 Å². The molecule has 0 spiro atoms. The highest BCUT2D eigenvalue weighted by Gasteiger charge is 2.35. The highest BCUT2D eigenvalue weighted by molar-refractivity contribution is 5.97. The zero-order valence-corrected chi connectivity index (χ0v) is 19.6. The molecule has 5 heterocycles. The van der Waals surface area contributed by atoms with Gasteiger partial charge in [-0.2, -0.15) is 15.0 Å². The summed E-state index contributed by atoms with van der Waals surface area (Å²) in [6.45, 7) is 10.0. The van der Waals surface area contributed by atoms with Gasteiger partial charge in [0, 0.05) is 45.0 Å². The summed E-state index contributed by atoms with van der Waals surface area (Å²) < 4.78 is 0. The van der Waals surface area contributed by atoms with Gasteiger partial charge in [0.25, 0.3) is 0 Å². The molecular formula is C23H30N10.